The number of ether oxygens (including phenoxy) is 2. The van der Waals surface area contributed by atoms with Crippen LogP contribution in [0.25, 0.3) is 0 Å². The molecular formula is C13H22N2O2. The molecule has 0 aliphatic heterocycles. The molecule has 0 fully saturated rings. The lowest BCUT2D eigenvalue weighted by Gasteiger charge is -2.19. The molecule has 1 aromatic rings. The zero-order chi connectivity index (χ0) is 12.7. The van der Waals surface area contributed by atoms with Gasteiger partial charge in [0.1, 0.15) is 5.75 Å². The van der Waals surface area contributed by atoms with Crippen molar-refractivity contribution < 1.29 is 9.47 Å². The van der Waals surface area contributed by atoms with E-state index >= 15 is 0 Å². The van der Waals surface area contributed by atoms with Crippen LogP contribution in [0.5, 0.6) is 5.75 Å². The van der Waals surface area contributed by atoms with Crippen LogP contribution in [0.1, 0.15) is 30.5 Å². The lowest BCUT2D eigenvalue weighted by Crippen LogP contribution is -2.32. The second-order valence-electron chi connectivity index (χ2n) is 4.02. The van der Waals surface area contributed by atoms with Crippen molar-refractivity contribution in [1.29, 1.82) is 0 Å². The van der Waals surface area contributed by atoms with E-state index in [1.807, 2.05) is 25.1 Å². The summed E-state index contributed by atoms with van der Waals surface area (Å²) in [5.41, 5.74) is 5.08. The average molecular weight is 238 g/mol. The van der Waals surface area contributed by atoms with E-state index in [-0.39, 0.29) is 6.04 Å². The predicted molar refractivity (Wildman–Crippen MR) is 68.9 cm³/mol. The van der Waals surface area contributed by atoms with Gasteiger partial charge in [0.2, 0.25) is 0 Å². The maximum Gasteiger partial charge on any atom is 0.119 e. The summed E-state index contributed by atoms with van der Waals surface area (Å²) < 4.78 is 10.7. The maximum atomic E-state index is 5.57. The van der Waals surface area contributed by atoms with E-state index in [1.165, 1.54) is 0 Å². The molecule has 96 valence electrons. The van der Waals surface area contributed by atoms with Crippen molar-refractivity contribution in [3.63, 3.8) is 0 Å². The van der Waals surface area contributed by atoms with Crippen LogP contribution < -0.4 is 16.0 Å². The van der Waals surface area contributed by atoms with Gasteiger partial charge < -0.3 is 9.47 Å². The summed E-state index contributed by atoms with van der Waals surface area (Å²) in [5, 5.41) is 0. The smallest absolute Gasteiger partial charge is 0.119 e. The second-order valence-corrected chi connectivity index (χ2v) is 4.02. The molecule has 1 rings (SSSR count). The van der Waals surface area contributed by atoms with Crippen LogP contribution in [0.2, 0.25) is 0 Å². The van der Waals surface area contributed by atoms with E-state index < -0.39 is 0 Å². The Morgan fingerprint density at radius 3 is 2.71 bits per heavy atom. The third-order valence-corrected chi connectivity index (χ3v) is 2.69. The number of rotatable bonds is 7. The number of methoxy groups -OCH3 is 1. The van der Waals surface area contributed by atoms with Crippen LogP contribution in [0, 0.1) is 6.92 Å². The van der Waals surface area contributed by atoms with Crippen LogP contribution >= 0.6 is 0 Å². The number of nitrogens with two attached hydrogens (primary N) is 1. The van der Waals surface area contributed by atoms with Gasteiger partial charge in [0, 0.05) is 6.61 Å². The number of hydrogen-bond donors (Lipinski definition) is 2. The molecule has 0 spiro atoms. The maximum absolute atomic E-state index is 5.57. The summed E-state index contributed by atoms with van der Waals surface area (Å²) in [6, 6.07) is 5.98. The first-order valence-corrected chi connectivity index (χ1v) is 5.91. The van der Waals surface area contributed by atoms with E-state index in [4.69, 9.17) is 15.3 Å². The summed E-state index contributed by atoms with van der Waals surface area (Å²) in [7, 11) is 1.66. The summed E-state index contributed by atoms with van der Waals surface area (Å²) in [5.74, 6) is 6.42. The van der Waals surface area contributed by atoms with Crippen LogP contribution in [0.15, 0.2) is 18.2 Å². The molecule has 0 amide bonds. The van der Waals surface area contributed by atoms with Gasteiger partial charge in [0.25, 0.3) is 0 Å². The molecule has 3 N–H and O–H groups in total. The Morgan fingerprint density at radius 1 is 1.41 bits per heavy atom. The van der Waals surface area contributed by atoms with Gasteiger partial charge in [-0.2, -0.15) is 0 Å². The lowest BCUT2D eigenvalue weighted by molar-refractivity contribution is 0.112. The molecule has 17 heavy (non-hydrogen) atoms. The highest BCUT2D eigenvalue weighted by Gasteiger charge is 2.12. The molecular weight excluding hydrogens is 216 g/mol. The van der Waals surface area contributed by atoms with E-state index in [9.17, 15) is 0 Å². The molecule has 0 aliphatic rings. The zero-order valence-corrected chi connectivity index (χ0v) is 10.8. The van der Waals surface area contributed by atoms with Crippen LogP contribution in [0.3, 0.4) is 0 Å². The SMILES string of the molecule is CCCOCC(NN)c1ccc(OC)cc1C. The summed E-state index contributed by atoms with van der Waals surface area (Å²) >= 11 is 0. The van der Waals surface area contributed by atoms with Gasteiger partial charge in [0.05, 0.1) is 19.8 Å². The highest BCUT2D eigenvalue weighted by molar-refractivity contribution is 5.36. The Bertz CT molecular complexity index is 342. The van der Waals surface area contributed by atoms with Crippen molar-refractivity contribution in [2.75, 3.05) is 20.3 Å². The van der Waals surface area contributed by atoms with E-state index in [0.717, 1.165) is 29.9 Å². The first-order chi connectivity index (χ1) is 8.22. The van der Waals surface area contributed by atoms with Gasteiger partial charge in [-0.3, -0.25) is 11.3 Å². The molecule has 1 atom stereocenters. The standard InChI is InChI=1S/C13H22N2O2/c1-4-7-17-9-13(15-14)12-6-5-11(16-3)8-10(12)2/h5-6,8,13,15H,4,7,9,14H2,1-3H3. The molecule has 0 bridgehead atoms. The van der Waals surface area contributed by atoms with E-state index in [1.54, 1.807) is 7.11 Å². The zero-order valence-electron chi connectivity index (χ0n) is 10.8. The Balaban J connectivity index is 2.73. The highest BCUT2D eigenvalue weighted by atomic mass is 16.5. The lowest BCUT2D eigenvalue weighted by atomic mass is 10.0. The molecule has 0 heterocycles. The minimum absolute atomic E-state index is 0.0208. The van der Waals surface area contributed by atoms with Gasteiger partial charge in [-0.15, -0.1) is 0 Å². The number of hydrogen-bond acceptors (Lipinski definition) is 4. The van der Waals surface area contributed by atoms with Crippen LogP contribution in [0.4, 0.5) is 0 Å². The molecule has 0 saturated heterocycles. The average Bonchev–Trinajstić information content (AvgIpc) is 2.35. The van der Waals surface area contributed by atoms with Crippen molar-refractivity contribution in [2.24, 2.45) is 5.84 Å². The molecule has 1 aromatic carbocycles. The van der Waals surface area contributed by atoms with Crippen molar-refractivity contribution in [2.45, 2.75) is 26.3 Å². The van der Waals surface area contributed by atoms with Gasteiger partial charge in [-0.1, -0.05) is 13.0 Å². The largest absolute Gasteiger partial charge is 0.497 e. The molecule has 0 saturated carbocycles. The Morgan fingerprint density at radius 2 is 2.18 bits per heavy atom. The minimum atomic E-state index is 0.0208. The third-order valence-electron chi connectivity index (χ3n) is 2.69. The first kappa shape index (κ1) is 14.0. The monoisotopic (exact) mass is 238 g/mol. The van der Waals surface area contributed by atoms with Crippen molar-refractivity contribution in [1.82, 2.24) is 5.43 Å². The Labute approximate surface area is 103 Å². The van der Waals surface area contributed by atoms with Crippen molar-refractivity contribution >= 4 is 0 Å². The first-order valence-electron chi connectivity index (χ1n) is 5.91. The topological polar surface area (TPSA) is 56.5 Å². The normalized spacial score (nSPS) is 12.5. The number of benzene rings is 1. The van der Waals surface area contributed by atoms with Gasteiger partial charge in [-0.05, 0) is 36.6 Å². The summed E-state index contributed by atoms with van der Waals surface area (Å²) in [6.07, 6.45) is 1.01. The Kier molecular flexibility index (Phi) is 5.97. The van der Waals surface area contributed by atoms with E-state index in [2.05, 4.69) is 12.3 Å². The molecule has 1 unspecified atom stereocenters. The molecule has 0 aromatic heterocycles. The van der Waals surface area contributed by atoms with Crippen molar-refractivity contribution in [3.05, 3.63) is 29.3 Å². The summed E-state index contributed by atoms with van der Waals surface area (Å²) in [6.45, 7) is 5.47. The Hall–Kier alpha value is -1.10. The molecule has 0 radical (unpaired) electrons. The third kappa shape index (κ3) is 4.00. The molecule has 0 aliphatic carbocycles. The molecule has 4 nitrogen and oxygen atoms in total. The van der Waals surface area contributed by atoms with Crippen LogP contribution in [-0.4, -0.2) is 20.3 Å². The van der Waals surface area contributed by atoms with Gasteiger partial charge >= 0.3 is 0 Å². The second kappa shape index (κ2) is 7.27. The predicted octanol–water partition coefficient (Wildman–Crippen LogP) is 1.93. The fourth-order valence-electron chi connectivity index (χ4n) is 1.74. The van der Waals surface area contributed by atoms with Gasteiger partial charge in [-0.25, -0.2) is 0 Å². The van der Waals surface area contributed by atoms with Gasteiger partial charge in [0.15, 0.2) is 0 Å². The number of hydrazine groups is 1. The summed E-state index contributed by atoms with van der Waals surface area (Å²) in [4.78, 5) is 0. The number of nitrogens with one attached hydrogen (secondary N) is 1. The quantitative estimate of drug-likeness (QED) is 0.433. The minimum Gasteiger partial charge on any atom is -0.497 e. The fraction of sp³-hybridized carbons (Fsp3) is 0.538. The highest BCUT2D eigenvalue weighted by Crippen LogP contribution is 2.22. The van der Waals surface area contributed by atoms with Crippen molar-refractivity contribution in [3.8, 4) is 5.75 Å². The van der Waals surface area contributed by atoms with E-state index in [0.29, 0.717) is 6.61 Å². The fourth-order valence-corrected chi connectivity index (χ4v) is 1.74. The number of aryl methyl sites for hydroxylation is 1. The molecule has 4 heteroatoms. The van der Waals surface area contributed by atoms with Crippen LogP contribution in [-0.2, 0) is 4.74 Å².